The minimum atomic E-state index is 0.476. The molecule has 0 aromatic heterocycles. The van der Waals surface area contributed by atoms with Crippen LogP contribution in [0.15, 0.2) is 77.8 Å². The molecule has 0 fully saturated rings. The fourth-order valence-corrected chi connectivity index (χ4v) is 4.31. The van der Waals surface area contributed by atoms with Gasteiger partial charge < -0.3 is 9.47 Å². The van der Waals surface area contributed by atoms with Gasteiger partial charge in [0, 0.05) is 6.21 Å². The van der Waals surface area contributed by atoms with E-state index in [4.69, 9.17) is 9.47 Å². The molecule has 0 unspecified atom stereocenters. The molecule has 0 aliphatic carbocycles. The van der Waals surface area contributed by atoms with Crippen molar-refractivity contribution in [1.29, 1.82) is 0 Å². The fourth-order valence-electron chi connectivity index (χ4n) is 3.53. The summed E-state index contributed by atoms with van der Waals surface area (Å²) in [4.78, 5) is 4.69. The number of fused-ring (bicyclic) bond motifs is 1. The highest BCUT2D eigenvalue weighted by atomic mass is 127. The largest absolute Gasteiger partial charge is 0.493 e. The van der Waals surface area contributed by atoms with Gasteiger partial charge >= 0.3 is 0 Å². The van der Waals surface area contributed by atoms with Gasteiger partial charge in [0.25, 0.3) is 0 Å². The van der Waals surface area contributed by atoms with Crippen LogP contribution >= 0.6 is 22.6 Å². The summed E-state index contributed by atoms with van der Waals surface area (Å²) in [5.41, 5.74) is 5.45. The SMILES string of the molecule is COc1cc(C=Nc2cc(C)ccc2C)cc(I)c1OCc1cccc2ccccc12. The summed E-state index contributed by atoms with van der Waals surface area (Å²) in [6.45, 7) is 4.62. The van der Waals surface area contributed by atoms with E-state index in [2.05, 4.69) is 108 Å². The van der Waals surface area contributed by atoms with Crippen molar-refractivity contribution in [3.63, 3.8) is 0 Å². The summed E-state index contributed by atoms with van der Waals surface area (Å²) in [5, 5.41) is 2.42. The number of halogens is 1. The first-order valence-corrected chi connectivity index (χ1v) is 11.2. The van der Waals surface area contributed by atoms with Crippen LogP contribution in [0.25, 0.3) is 10.8 Å². The summed E-state index contributed by atoms with van der Waals surface area (Å²) in [6, 6.07) is 25.0. The third kappa shape index (κ3) is 4.90. The second-order valence-electron chi connectivity index (χ2n) is 7.51. The Hall–Kier alpha value is -2.86. The van der Waals surface area contributed by atoms with E-state index in [0.717, 1.165) is 31.7 Å². The lowest BCUT2D eigenvalue weighted by Crippen LogP contribution is -2.01. The standard InChI is InChI=1S/C27H24INO2/c1-18-11-12-19(2)25(13-18)29-16-20-14-24(28)27(26(15-20)30-3)31-17-22-9-6-8-21-7-4-5-10-23(21)22/h4-16H,17H2,1-3H3. The molecule has 0 amide bonds. The Kier molecular flexibility index (Phi) is 6.56. The van der Waals surface area contributed by atoms with Gasteiger partial charge in [0.05, 0.1) is 16.4 Å². The number of rotatable bonds is 6. The molecule has 4 aromatic carbocycles. The van der Waals surface area contributed by atoms with Crippen molar-refractivity contribution in [2.24, 2.45) is 4.99 Å². The highest BCUT2D eigenvalue weighted by molar-refractivity contribution is 14.1. The number of aliphatic imine (C=N–C) groups is 1. The van der Waals surface area contributed by atoms with Crippen molar-refractivity contribution < 1.29 is 9.47 Å². The lowest BCUT2D eigenvalue weighted by atomic mass is 10.1. The van der Waals surface area contributed by atoms with Gasteiger partial charge in [-0.25, -0.2) is 0 Å². The molecular weight excluding hydrogens is 497 g/mol. The molecule has 0 saturated carbocycles. The molecule has 3 nitrogen and oxygen atoms in total. The number of hydrogen-bond acceptors (Lipinski definition) is 3. The maximum Gasteiger partial charge on any atom is 0.174 e. The summed E-state index contributed by atoms with van der Waals surface area (Å²) in [5.74, 6) is 1.45. The van der Waals surface area contributed by atoms with Crippen molar-refractivity contribution in [2.75, 3.05) is 7.11 Å². The Bertz CT molecular complexity index is 1260. The van der Waals surface area contributed by atoms with Crippen LogP contribution in [-0.4, -0.2) is 13.3 Å². The number of benzene rings is 4. The number of ether oxygens (including phenoxy) is 2. The summed E-state index contributed by atoms with van der Waals surface area (Å²) in [7, 11) is 1.67. The molecule has 0 aliphatic heterocycles. The Morgan fingerprint density at radius 2 is 1.74 bits per heavy atom. The maximum atomic E-state index is 6.23. The summed E-state index contributed by atoms with van der Waals surface area (Å²) < 4.78 is 12.9. The van der Waals surface area contributed by atoms with Gasteiger partial charge in [0.15, 0.2) is 11.5 Å². The zero-order chi connectivity index (χ0) is 21.8. The van der Waals surface area contributed by atoms with Crippen LogP contribution in [0, 0.1) is 17.4 Å². The van der Waals surface area contributed by atoms with Crippen molar-refractivity contribution in [3.05, 3.63) is 98.6 Å². The van der Waals surface area contributed by atoms with E-state index in [1.54, 1.807) is 7.11 Å². The number of methoxy groups -OCH3 is 1. The van der Waals surface area contributed by atoms with E-state index < -0.39 is 0 Å². The van der Waals surface area contributed by atoms with Crippen molar-refractivity contribution >= 4 is 45.3 Å². The van der Waals surface area contributed by atoms with Gasteiger partial charge in [-0.2, -0.15) is 0 Å². The molecule has 31 heavy (non-hydrogen) atoms. The predicted molar refractivity (Wildman–Crippen MR) is 137 cm³/mol. The van der Waals surface area contributed by atoms with Crippen LogP contribution in [0.3, 0.4) is 0 Å². The Morgan fingerprint density at radius 3 is 2.58 bits per heavy atom. The van der Waals surface area contributed by atoms with E-state index in [9.17, 15) is 0 Å². The molecule has 0 aliphatic rings. The average Bonchev–Trinajstić information content (AvgIpc) is 2.78. The van der Waals surface area contributed by atoms with Crippen molar-refractivity contribution in [3.8, 4) is 11.5 Å². The first kappa shape index (κ1) is 21.4. The normalized spacial score (nSPS) is 11.2. The Morgan fingerprint density at radius 1 is 0.935 bits per heavy atom. The molecule has 0 atom stereocenters. The Labute approximate surface area is 196 Å². The topological polar surface area (TPSA) is 30.8 Å². The first-order valence-electron chi connectivity index (χ1n) is 10.1. The smallest absolute Gasteiger partial charge is 0.174 e. The van der Waals surface area contributed by atoms with Gasteiger partial charge in [-0.3, -0.25) is 4.99 Å². The quantitative estimate of drug-likeness (QED) is 0.196. The molecule has 0 spiro atoms. The molecule has 0 N–H and O–H groups in total. The molecule has 0 heterocycles. The molecule has 0 bridgehead atoms. The zero-order valence-electron chi connectivity index (χ0n) is 17.9. The number of nitrogens with zero attached hydrogens (tertiary/aromatic N) is 1. The van der Waals surface area contributed by atoms with Crippen LogP contribution in [0.5, 0.6) is 11.5 Å². The third-order valence-corrected chi connectivity index (χ3v) is 6.02. The summed E-state index contributed by atoms with van der Waals surface area (Å²) >= 11 is 2.30. The second-order valence-corrected chi connectivity index (χ2v) is 8.67. The zero-order valence-corrected chi connectivity index (χ0v) is 20.0. The first-order chi connectivity index (χ1) is 15.0. The molecule has 156 valence electrons. The van der Waals surface area contributed by atoms with Crippen LogP contribution in [0.4, 0.5) is 5.69 Å². The van der Waals surface area contributed by atoms with Crippen LogP contribution in [0.2, 0.25) is 0 Å². The van der Waals surface area contributed by atoms with E-state index >= 15 is 0 Å². The van der Waals surface area contributed by atoms with Gasteiger partial charge in [-0.1, -0.05) is 54.6 Å². The van der Waals surface area contributed by atoms with Crippen molar-refractivity contribution in [1.82, 2.24) is 0 Å². The van der Waals surface area contributed by atoms with Crippen LogP contribution in [-0.2, 0) is 6.61 Å². The predicted octanol–water partition coefficient (Wildman–Crippen LogP) is 7.40. The molecular formula is C27H24INO2. The lowest BCUT2D eigenvalue weighted by Gasteiger charge is -2.14. The second kappa shape index (κ2) is 9.52. The fraction of sp³-hybridized carbons (Fsp3) is 0.148. The van der Waals surface area contributed by atoms with Gasteiger partial charge in [-0.15, -0.1) is 0 Å². The molecule has 4 aromatic rings. The monoisotopic (exact) mass is 521 g/mol. The van der Waals surface area contributed by atoms with E-state index in [0.29, 0.717) is 12.4 Å². The number of hydrogen-bond donors (Lipinski definition) is 0. The van der Waals surface area contributed by atoms with Crippen molar-refractivity contribution in [2.45, 2.75) is 20.5 Å². The molecule has 0 radical (unpaired) electrons. The molecule has 4 rings (SSSR count). The van der Waals surface area contributed by atoms with E-state index in [-0.39, 0.29) is 0 Å². The highest BCUT2D eigenvalue weighted by Gasteiger charge is 2.12. The number of aryl methyl sites for hydroxylation is 2. The van der Waals surface area contributed by atoms with Gasteiger partial charge in [0.1, 0.15) is 6.61 Å². The molecule has 0 saturated heterocycles. The summed E-state index contributed by atoms with van der Waals surface area (Å²) in [6.07, 6.45) is 1.88. The van der Waals surface area contributed by atoms with Crippen LogP contribution in [0.1, 0.15) is 22.3 Å². The Balaban J connectivity index is 1.59. The minimum Gasteiger partial charge on any atom is -0.493 e. The third-order valence-electron chi connectivity index (χ3n) is 5.22. The highest BCUT2D eigenvalue weighted by Crippen LogP contribution is 2.35. The lowest BCUT2D eigenvalue weighted by molar-refractivity contribution is 0.283. The van der Waals surface area contributed by atoms with Crippen LogP contribution < -0.4 is 9.47 Å². The van der Waals surface area contributed by atoms with Gasteiger partial charge in [-0.05, 0) is 87.7 Å². The van der Waals surface area contributed by atoms with E-state index in [1.807, 2.05) is 12.3 Å². The van der Waals surface area contributed by atoms with E-state index in [1.165, 1.54) is 16.3 Å². The van der Waals surface area contributed by atoms with Gasteiger partial charge in [0.2, 0.25) is 0 Å². The molecule has 4 heteroatoms. The maximum absolute atomic E-state index is 6.23. The average molecular weight is 521 g/mol. The minimum absolute atomic E-state index is 0.476.